The molecule has 28 heavy (non-hydrogen) atoms. The Hall–Kier alpha value is -3.32. The van der Waals surface area contributed by atoms with E-state index in [4.69, 9.17) is 9.36 Å². The molecule has 1 atom stereocenters. The molecule has 0 N–H and O–H groups in total. The number of hydrogen-bond acceptors (Lipinski definition) is 6. The van der Waals surface area contributed by atoms with Crippen molar-refractivity contribution in [2.45, 2.75) is 19.4 Å². The summed E-state index contributed by atoms with van der Waals surface area (Å²) >= 11 is 0. The zero-order valence-corrected chi connectivity index (χ0v) is 15.4. The van der Waals surface area contributed by atoms with Gasteiger partial charge in [0.1, 0.15) is 6.04 Å². The van der Waals surface area contributed by atoms with Crippen molar-refractivity contribution in [2.24, 2.45) is 5.16 Å². The van der Waals surface area contributed by atoms with Crippen molar-refractivity contribution in [1.82, 2.24) is 15.5 Å². The molecule has 2 heterocycles. The van der Waals surface area contributed by atoms with E-state index in [0.717, 1.165) is 16.8 Å². The number of carbonyl (C=O) groups is 1. The molecule has 0 bridgehead atoms. The summed E-state index contributed by atoms with van der Waals surface area (Å²) in [6.07, 6.45) is 0.557. The first-order valence-corrected chi connectivity index (χ1v) is 9.02. The molecular weight excluding hydrogens is 356 g/mol. The molecule has 0 amide bonds. The van der Waals surface area contributed by atoms with Crippen LogP contribution in [0.15, 0.2) is 64.3 Å². The largest absolute Gasteiger partial charge is 0.387 e. The maximum absolute atomic E-state index is 12.3. The summed E-state index contributed by atoms with van der Waals surface area (Å²) < 4.78 is 5.13. The molecule has 1 fully saturated rings. The van der Waals surface area contributed by atoms with Crippen LogP contribution >= 0.6 is 0 Å². The maximum atomic E-state index is 12.3. The third kappa shape index (κ3) is 4.15. The van der Waals surface area contributed by atoms with Crippen molar-refractivity contribution in [3.05, 3.63) is 71.9 Å². The van der Waals surface area contributed by atoms with E-state index >= 15 is 0 Å². The van der Waals surface area contributed by atoms with Gasteiger partial charge in [-0.1, -0.05) is 64.9 Å². The number of benzene rings is 2. The lowest BCUT2D eigenvalue weighted by Gasteiger charge is -2.04. The average Bonchev–Trinajstić information content (AvgIpc) is 3.38. The molecule has 7 heteroatoms. The summed E-state index contributed by atoms with van der Waals surface area (Å²) in [5.74, 6) is 0.941. The second-order valence-electron chi connectivity index (χ2n) is 6.54. The molecule has 0 aliphatic carbocycles. The van der Waals surface area contributed by atoms with E-state index in [2.05, 4.69) is 20.6 Å². The molecule has 3 aromatic rings. The van der Waals surface area contributed by atoms with E-state index in [1.165, 1.54) is 0 Å². The van der Waals surface area contributed by atoms with E-state index in [-0.39, 0.29) is 18.4 Å². The molecule has 1 aliphatic heterocycles. The Morgan fingerprint density at radius 3 is 2.61 bits per heavy atom. The quantitative estimate of drug-likeness (QED) is 0.487. The van der Waals surface area contributed by atoms with E-state index < -0.39 is 0 Å². The smallest absolute Gasteiger partial charge is 0.245 e. The van der Waals surface area contributed by atoms with Gasteiger partial charge >= 0.3 is 0 Å². The number of Topliss-reactive ketones (excluding diaryl/α,β-unsaturated/α-hetero) is 1. The highest BCUT2D eigenvalue weighted by Crippen LogP contribution is 2.22. The average molecular weight is 375 g/mol. The van der Waals surface area contributed by atoms with Crippen molar-refractivity contribution >= 4 is 11.5 Å². The molecule has 1 radical (unpaired) electrons. The molecule has 0 saturated carbocycles. The third-order valence-electron chi connectivity index (χ3n) is 4.45. The summed E-state index contributed by atoms with van der Waals surface area (Å²) in [6.45, 7) is 2.09. The number of ketones is 1. The Labute approximate surface area is 162 Å². The lowest BCUT2D eigenvalue weighted by molar-refractivity contribution is 0.0775. The second-order valence-corrected chi connectivity index (χ2v) is 6.54. The first-order valence-electron chi connectivity index (χ1n) is 9.02. The van der Waals surface area contributed by atoms with E-state index in [1.807, 2.05) is 42.5 Å². The highest BCUT2D eigenvalue weighted by Gasteiger charge is 2.28. The molecule has 0 spiro atoms. The molecule has 7 nitrogen and oxygen atoms in total. The predicted molar refractivity (Wildman–Crippen MR) is 103 cm³/mol. The number of nitrogens with zero attached hydrogens (tertiary/aromatic N) is 4. The van der Waals surface area contributed by atoms with Crippen molar-refractivity contribution in [2.75, 3.05) is 13.2 Å². The third-order valence-corrected chi connectivity index (χ3v) is 4.45. The highest BCUT2D eigenvalue weighted by molar-refractivity contribution is 5.97. The molecule has 141 valence electrons. The number of carbonyl (C=O) groups excluding carboxylic acids is 1. The lowest BCUT2D eigenvalue weighted by Crippen LogP contribution is -2.09. The van der Waals surface area contributed by atoms with Crippen LogP contribution in [-0.4, -0.2) is 34.8 Å². The Kier molecular flexibility index (Phi) is 5.25. The zero-order valence-electron chi connectivity index (χ0n) is 15.4. The molecule has 1 aliphatic rings. The van der Waals surface area contributed by atoms with Gasteiger partial charge < -0.3 is 9.36 Å². The van der Waals surface area contributed by atoms with E-state index in [9.17, 15) is 4.79 Å². The van der Waals surface area contributed by atoms with Crippen molar-refractivity contribution in [3.63, 3.8) is 0 Å². The molecular formula is C21H19N4O3. The van der Waals surface area contributed by atoms with Gasteiger partial charge in [0, 0.05) is 12.0 Å². The van der Waals surface area contributed by atoms with Gasteiger partial charge in [0.2, 0.25) is 11.7 Å². The van der Waals surface area contributed by atoms with Gasteiger partial charge in [-0.05, 0) is 18.1 Å². The molecule has 2 aromatic carbocycles. The van der Waals surface area contributed by atoms with Crippen LogP contribution in [0, 0.1) is 6.92 Å². The Balaban J connectivity index is 1.30. The van der Waals surface area contributed by atoms with Crippen LogP contribution in [-0.2, 0) is 4.84 Å². The molecule has 4 rings (SSSR count). The minimum absolute atomic E-state index is 0.113. The summed E-state index contributed by atoms with van der Waals surface area (Å²) in [5, 5.41) is 12.2. The second kappa shape index (κ2) is 8.14. The monoisotopic (exact) mass is 375 g/mol. The summed E-state index contributed by atoms with van der Waals surface area (Å²) in [4.78, 5) is 21.7. The minimum atomic E-state index is -0.190. The summed E-state index contributed by atoms with van der Waals surface area (Å²) in [6, 6.07) is 17.3. The standard InChI is InChI=1S/C21H19N4O3/c1-14-23-21(28-24-14)19-11-18(12-22-19)25-27-13-20(26)17-9-7-16(8-10-17)15-5-3-2-4-6-15/h2-10,19H,11-13H2,1H3. The summed E-state index contributed by atoms with van der Waals surface area (Å²) in [5.41, 5.74) is 3.52. The maximum Gasteiger partial charge on any atom is 0.245 e. The van der Waals surface area contributed by atoms with Crippen LogP contribution in [0.5, 0.6) is 0 Å². The van der Waals surface area contributed by atoms with Gasteiger partial charge in [-0.15, -0.1) is 0 Å². The number of oxime groups is 1. The Bertz CT molecular complexity index is 980. The molecule has 1 aromatic heterocycles. The van der Waals surface area contributed by atoms with Gasteiger partial charge in [0.15, 0.2) is 12.4 Å². The first kappa shape index (κ1) is 18.1. The van der Waals surface area contributed by atoms with Gasteiger partial charge in [-0.3, -0.25) is 4.79 Å². The van der Waals surface area contributed by atoms with Crippen molar-refractivity contribution in [1.29, 1.82) is 0 Å². The van der Waals surface area contributed by atoms with Gasteiger partial charge in [0.05, 0.1) is 12.3 Å². The van der Waals surface area contributed by atoms with E-state index in [0.29, 0.717) is 30.2 Å². The van der Waals surface area contributed by atoms with Crippen molar-refractivity contribution < 1.29 is 14.2 Å². The lowest BCUT2D eigenvalue weighted by atomic mass is 10.0. The first-order chi connectivity index (χ1) is 13.7. The van der Waals surface area contributed by atoms with Crippen LogP contribution < -0.4 is 5.32 Å². The van der Waals surface area contributed by atoms with Crippen molar-refractivity contribution in [3.8, 4) is 11.1 Å². The van der Waals surface area contributed by atoms with Gasteiger partial charge in [0.25, 0.3) is 0 Å². The van der Waals surface area contributed by atoms with Gasteiger partial charge in [-0.25, -0.2) is 5.32 Å². The highest BCUT2D eigenvalue weighted by atomic mass is 16.6. The zero-order chi connectivity index (χ0) is 19.3. The topological polar surface area (TPSA) is 91.7 Å². The van der Waals surface area contributed by atoms with Crippen LogP contribution in [0.4, 0.5) is 0 Å². The number of rotatable bonds is 6. The summed E-state index contributed by atoms with van der Waals surface area (Å²) in [7, 11) is 0. The minimum Gasteiger partial charge on any atom is -0.387 e. The fourth-order valence-electron chi connectivity index (χ4n) is 2.99. The Morgan fingerprint density at radius 2 is 1.89 bits per heavy atom. The van der Waals surface area contributed by atoms with Crippen LogP contribution in [0.1, 0.15) is 34.5 Å². The molecule has 1 saturated heterocycles. The fourth-order valence-corrected chi connectivity index (χ4v) is 2.99. The predicted octanol–water partition coefficient (Wildman–Crippen LogP) is 3.35. The number of hydrogen-bond donors (Lipinski definition) is 0. The number of aromatic nitrogens is 2. The van der Waals surface area contributed by atoms with Crippen LogP contribution in [0.3, 0.4) is 0 Å². The van der Waals surface area contributed by atoms with E-state index in [1.54, 1.807) is 19.1 Å². The molecule has 1 unspecified atom stereocenters. The SMILES string of the molecule is Cc1noc(C2CC(=NOCC(=O)c3ccc(-c4ccccc4)cc3)C[N]2)n1. The normalized spacial score (nSPS) is 17.8. The van der Waals surface area contributed by atoms with Crippen LogP contribution in [0.2, 0.25) is 0 Å². The fraction of sp³-hybridized carbons (Fsp3) is 0.238. The van der Waals surface area contributed by atoms with Gasteiger partial charge in [-0.2, -0.15) is 4.98 Å². The number of aryl methyl sites for hydroxylation is 1. The van der Waals surface area contributed by atoms with Crippen LogP contribution in [0.25, 0.3) is 11.1 Å². The Morgan fingerprint density at radius 1 is 1.14 bits per heavy atom.